The van der Waals surface area contributed by atoms with Gasteiger partial charge in [0.05, 0.1) is 24.2 Å². The predicted molar refractivity (Wildman–Crippen MR) is 109 cm³/mol. The number of aromatic hydroxyl groups is 2. The fourth-order valence-corrected chi connectivity index (χ4v) is 3.71. The van der Waals surface area contributed by atoms with Crippen molar-refractivity contribution in [2.24, 2.45) is 0 Å². The number of fused-ring (bicyclic) bond motifs is 2. The molecule has 0 atom stereocenters. The zero-order valence-corrected chi connectivity index (χ0v) is 15.6. The molecule has 0 aliphatic heterocycles. The van der Waals surface area contributed by atoms with Crippen LogP contribution in [0.25, 0.3) is 6.08 Å². The molecule has 4 rings (SSSR count). The first-order valence-corrected chi connectivity index (χ1v) is 9.05. The van der Waals surface area contributed by atoms with Crippen LogP contribution in [-0.4, -0.2) is 28.9 Å². The van der Waals surface area contributed by atoms with E-state index in [1.807, 2.05) is 18.2 Å². The molecule has 5 nitrogen and oxygen atoms in total. The Morgan fingerprint density at radius 1 is 0.931 bits per heavy atom. The quantitative estimate of drug-likeness (QED) is 0.661. The molecule has 0 saturated carbocycles. The topological polar surface area (TPSA) is 83.8 Å². The lowest BCUT2D eigenvalue weighted by Crippen LogP contribution is -2.24. The zero-order chi connectivity index (χ0) is 20.5. The lowest BCUT2D eigenvalue weighted by Gasteiger charge is -2.26. The van der Waals surface area contributed by atoms with Gasteiger partial charge in [0.25, 0.3) is 0 Å². The standard InChI is InChI=1S/C24H18O5/c1-29-15-6-2-5-14(13-15)11-12-20(27)21-16-7-3-9-18(25)22(16)24(28)23-17(21)8-4-10-19(23)26/h2-13,21,25-26H,1H3/b12-11+. The van der Waals surface area contributed by atoms with Crippen molar-refractivity contribution < 1.29 is 24.5 Å². The maximum Gasteiger partial charge on any atom is 0.201 e. The number of allylic oxidation sites excluding steroid dienone is 1. The molecule has 0 amide bonds. The normalized spacial score (nSPS) is 13.2. The smallest absolute Gasteiger partial charge is 0.201 e. The first-order chi connectivity index (χ1) is 14.0. The number of hydrogen-bond acceptors (Lipinski definition) is 5. The van der Waals surface area contributed by atoms with Crippen molar-refractivity contribution in [1.29, 1.82) is 0 Å². The highest BCUT2D eigenvalue weighted by molar-refractivity contribution is 6.19. The third-order valence-electron chi connectivity index (χ3n) is 5.04. The first kappa shape index (κ1) is 18.5. The highest BCUT2D eigenvalue weighted by Crippen LogP contribution is 2.43. The number of methoxy groups -OCH3 is 1. The van der Waals surface area contributed by atoms with Crippen LogP contribution in [0.5, 0.6) is 17.2 Å². The van der Waals surface area contributed by atoms with E-state index >= 15 is 0 Å². The molecule has 29 heavy (non-hydrogen) atoms. The molecule has 144 valence electrons. The van der Waals surface area contributed by atoms with Gasteiger partial charge in [-0.15, -0.1) is 0 Å². The Labute approximate surface area is 167 Å². The molecule has 1 aliphatic rings. The summed E-state index contributed by atoms with van der Waals surface area (Å²) in [7, 11) is 1.57. The van der Waals surface area contributed by atoms with E-state index in [2.05, 4.69) is 0 Å². The van der Waals surface area contributed by atoms with Gasteiger partial charge in [0.1, 0.15) is 17.2 Å². The molecule has 1 aliphatic carbocycles. The Morgan fingerprint density at radius 2 is 1.52 bits per heavy atom. The number of hydrogen-bond donors (Lipinski definition) is 2. The second-order valence-electron chi connectivity index (χ2n) is 6.76. The number of ketones is 2. The van der Waals surface area contributed by atoms with Gasteiger partial charge >= 0.3 is 0 Å². The van der Waals surface area contributed by atoms with Crippen LogP contribution in [0.3, 0.4) is 0 Å². The van der Waals surface area contributed by atoms with Crippen molar-refractivity contribution in [3.05, 3.63) is 94.6 Å². The Kier molecular flexibility index (Phi) is 4.64. The third kappa shape index (κ3) is 3.17. The van der Waals surface area contributed by atoms with Crippen LogP contribution in [0.1, 0.15) is 38.5 Å². The van der Waals surface area contributed by atoms with Gasteiger partial charge in [-0.3, -0.25) is 9.59 Å². The van der Waals surface area contributed by atoms with E-state index in [0.29, 0.717) is 16.9 Å². The van der Waals surface area contributed by atoms with Gasteiger partial charge in [0, 0.05) is 0 Å². The van der Waals surface area contributed by atoms with Gasteiger partial charge in [-0.25, -0.2) is 0 Å². The molecule has 3 aromatic rings. The fraction of sp³-hybridized carbons (Fsp3) is 0.0833. The van der Waals surface area contributed by atoms with Crippen LogP contribution >= 0.6 is 0 Å². The average molecular weight is 386 g/mol. The van der Waals surface area contributed by atoms with Crippen LogP contribution in [0.4, 0.5) is 0 Å². The zero-order valence-electron chi connectivity index (χ0n) is 15.6. The van der Waals surface area contributed by atoms with E-state index in [1.165, 1.54) is 18.2 Å². The Bertz CT molecular complexity index is 1100. The molecular weight excluding hydrogens is 368 g/mol. The van der Waals surface area contributed by atoms with Crippen molar-refractivity contribution in [1.82, 2.24) is 0 Å². The summed E-state index contributed by atoms with van der Waals surface area (Å²) in [5.41, 5.74) is 1.74. The Balaban J connectivity index is 1.81. The molecule has 0 radical (unpaired) electrons. The largest absolute Gasteiger partial charge is 0.507 e. The monoisotopic (exact) mass is 386 g/mol. The van der Waals surface area contributed by atoms with Crippen molar-refractivity contribution >= 4 is 17.6 Å². The second kappa shape index (κ2) is 7.28. The number of carbonyl (C=O) groups is 2. The Morgan fingerprint density at radius 3 is 2.10 bits per heavy atom. The third-order valence-corrected chi connectivity index (χ3v) is 5.04. The predicted octanol–water partition coefficient (Wildman–Crippen LogP) is 4.07. The summed E-state index contributed by atoms with van der Waals surface area (Å²) in [6.45, 7) is 0. The van der Waals surface area contributed by atoms with Gasteiger partial charge in [0.2, 0.25) is 5.78 Å². The van der Waals surface area contributed by atoms with Crippen molar-refractivity contribution in [3.8, 4) is 17.2 Å². The fourth-order valence-electron chi connectivity index (χ4n) is 3.71. The van der Waals surface area contributed by atoms with E-state index < -0.39 is 11.7 Å². The number of rotatable bonds is 4. The van der Waals surface area contributed by atoms with Crippen molar-refractivity contribution in [3.63, 3.8) is 0 Å². The van der Waals surface area contributed by atoms with Crippen LogP contribution in [-0.2, 0) is 4.79 Å². The van der Waals surface area contributed by atoms with Crippen molar-refractivity contribution in [2.75, 3.05) is 7.11 Å². The van der Waals surface area contributed by atoms with E-state index in [4.69, 9.17) is 4.74 Å². The minimum Gasteiger partial charge on any atom is -0.507 e. The maximum absolute atomic E-state index is 13.2. The number of carbonyl (C=O) groups excluding carboxylic acids is 2. The molecule has 0 fully saturated rings. The number of phenolic OH excluding ortho intramolecular Hbond substituents is 2. The molecule has 3 aromatic carbocycles. The minimum atomic E-state index is -0.807. The summed E-state index contributed by atoms with van der Waals surface area (Å²) in [6, 6.07) is 16.6. The summed E-state index contributed by atoms with van der Waals surface area (Å²) >= 11 is 0. The SMILES string of the molecule is COc1cccc(/C=C/C(=O)C2c3cccc(O)c3C(=O)c3c(O)cccc32)c1. The van der Waals surface area contributed by atoms with E-state index in [1.54, 1.807) is 43.5 Å². The van der Waals surface area contributed by atoms with E-state index in [9.17, 15) is 19.8 Å². The highest BCUT2D eigenvalue weighted by atomic mass is 16.5. The molecule has 0 spiro atoms. The van der Waals surface area contributed by atoms with Crippen molar-refractivity contribution in [2.45, 2.75) is 5.92 Å². The van der Waals surface area contributed by atoms with E-state index in [0.717, 1.165) is 5.56 Å². The number of ether oxygens (including phenoxy) is 1. The van der Waals surface area contributed by atoms with Crippen LogP contribution in [0.2, 0.25) is 0 Å². The minimum absolute atomic E-state index is 0.0506. The molecular formula is C24H18O5. The summed E-state index contributed by atoms with van der Waals surface area (Å²) in [5, 5.41) is 20.5. The second-order valence-corrected chi connectivity index (χ2v) is 6.76. The van der Waals surface area contributed by atoms with Crippen LogP contribution in [0, 0.1) is 0 Å². The molecule has 0 aromatic heterocycles. The molecule has 0 saturated heterocycles. The summed E-state index contributed by atoms with van der Waals surface area (Å²) in [4.78, 5) is 26.1. The summed E-state index contributed by atoms with van der Waals surface area (Å²) in [6.07, 6.45) is 3.11. The lowest BCUT2D eigenvalue weighted by molar-refractivity contribution is -0.115. The van der Waals surface area contributed by atoms with Gasteiger partial charge in [0.15, 0.2) is 5.78 Å². The van der Waals surface area contributed by atoms with Crippen LogP contribution in [0.15, 0.2) is 66.7 Å². The maximum atomic E-state index is 13.2. The van der Waals surface area contributed by atoms with Gasteiger partial charge in [-0.1, -0.05) is 42.5 Å². The Hall–Kier alpha value is -3.86. The van der Waals surface area contributed by atoms with Gasteiger partial charge in [-0.2, -0.15) is 0 Å². The molecule has 0 unspecified atom stereocenters. The molecule has 0 bridgehead atoms. The van der Waals surface area contributed by atoms with E-state index in [-0.39, 0.29) is 28.4 Å². The molecule has 0 heterocycles. The van der Waals surface area contributed by atoms with Gasteiger partial charge < -0.3 is 14.9 Å². The lowest BCUT2D eigenvalue weighted by atomic mass is 9.74. The number of benzene rings is 3. The highest BCUT2D eigenvalue weighted by Gasteiger charge is 2.37. The van der Waals surface area contributed by atoms with Crippen LogP contribution < -0.4 is 4.74 Å². The molecule has 2 N–H and O–H groups in total. The molecule has 5 heteroatoms. The average Bonchev–Trinajstić information content (AvgIpc) is 2.72. The summed E-state index contributed by atoms with van der Waals surface area (Å²) in [5.74, 6) is -1.31. The summed E-state index contributed by atoms with van der Waals surface area (Å²) < 4.78 is 5.20. The number of phenols is 2. The first-order valence-electron chi connectivity index (χ1n) is 9.05. The van der Waals surface area contributed by atoms with Gasteiger partial charge in [-0.05, 0) is 47.0 Å².